The molecule has 0 fully saturated rings. The Labute approximate surface area is 110 Å². The highest BCUT2D eigenvalue weighted by Crippen LogP contribution is 2.24. The van der Waals surface area contributed by atoms with Gasteiger partial charge in [-0.1, -0.05) is 18.2 Å². The van der Waals surface area contributed by atoms with Gasteiger partial charge in [0.05, 0.1) is 5.69 Å². The lowest BCUT2D eigenvalue weighted by Gasteiger charge is -2.11. The van der Waals surface area contributed by atoms with Crippen LogP contribution >= 0.6 is 0 Å². The minimum atomic E-state index is -3.90. The fraction of sp³-hybridized carbons (Fsp3) is 0.0833. The van der Waals surface area contributed by atoms with E-state index >= 15 is 0 Å². The van der Waals surface area contributed by atoms with E-state index in [1.165, 1.54) is 18.2 Å². The van der Waals surface area contributed by atoms with Gasteiger partial charge in [0.2, 0.25) is 5.95 Å². The van der Waals surface area contributed by atoms with E-state index in [9.17, 15) is 12.8 Å². The summed E-state index contributed by atoms with van der Waals surface area (Å²) in [7, 11) is -3.90. The molecule has 7 heteroatoms. The molecule has 1 aromatic heterocycles. The Hall–Kier alpha value is -2.15. The lowest BCUT2D eigenvalue weighted by molar-refractivity contribution is 0.584. The van der Waals surface area contributed by atoms with Gasteiger partial charge in [0, 0.05) is 0 Å². The molecule has 0 amide bonds. The van der Waals surface area contributed by atoms with Crippen molar-refractivity contribution >= 4 is 21.5 Å². The number of anilines is 2. The van der Waals surface area contributed by atoms with Gasteiger partial charge < -0.3 is 5.73 Å². The van der Waals surface area contributed by atoms with Crippen molar-refractivity contribution in [2.75, 3.05) is 10.5 Å². The quantitative estimate of drug-likeness (QED) is 0.665. The van der Waals surface area contributed by atoms with Gasteiger partial charge in [0.1, 0.15) is 10.7 Å². The van der Waals surface area contributed by atoms with Gasteiger partial charge in [-0.25, -0.2) is 13.4 Å². The van der Waals surface area contributed by atoms with Gasteiger partial charge in [0.25, 0.3) is 10.0 Å². The van der Waals surface area contributed by atoms with Gasteiger partial charge in [-0.3, -0.25) is 4.72 Å². The first kappa shape index (κ1) is 13.3. The summed E-state index contributed by atoms with van der Waals surface area (Å²) >= 11 is 0. The molecule has 0 saturated carbocycles. The molecule has 5 nitrogen and oxygen atoms in total. The van der Waals surface area contributed by atoms with Crippen LogP contribution in [0.4, 0.5) is 15.9 Å². The van der Waals surface area contributed by atoms with Crippen LogP contribution in [0.5, 0.6) is 0 Å². The molecule has 0 radical (unpaired) electrons. The molecule has 3 N–H and O–H groups in total. The van der Waals surface area contributed by atoms with Crippen molar-refractivity contribution in [2.45, 2.75) is 11.8 Å². The third-order valence-corrected chi connectivity index (χ3v) is 4.04. The molecular formula is C12H12FN3O2S. The molecule has 0 aliphatic rings. The zero-order chi connectivity index (χ0) is 14.0. The van der Waals surface area contributed by atoms with E-state index < -0.39 is 16.0 Å². The van der Waals surface area contributed by atoms with Gasteiger partial charge in [-0.15, -0.1) is 0 Å². The molecule has 1 aromatic carbocycles. The molecule has 0 aliphatic carbocycles. The Morgan fingerprint density at radius 1 is 1.21 bits per heavy atom. The van der Waals surface area contributed by atoms with Crippen LogP contribution < -0.4 is 10.5 Å². The summed E-state index contributed by atoms with van der Waals surface area (Å²) in [5, 5.41) is 0. The molecule has 100 valence electrons. The van der Waals surface area contributed by atoms with Crippen molar-refractivity contribution < 1.29 is 12.8 Å². The number of benzene rings is 1. The molecule has 0 atom stereocenters. The Bertz CT molecular complexity index is 696. The number of nitrogen functional groups attached to an aromatic ring is 1. The molecule has 19 heavy (non-hydrogen) atoms. The lowest BCUT2D eigenvalue weighted by Crippen LogP contribution is -2.17. The summed E-state index contributed by atoms with van der Waals surface area (Å²) in [6, 6.07) is 8.62. The topological polar surface area (TPSA) is 85.1 Å². The first-order valence-electron chi connectivity index (χ1n) is 5.40. The zero-order valence-corrected chi connectivity index (χ0v) is 10.9. The van der Waals surface area contributed by atoms with Crippen LogP contribution in [0.3, 0.4) is 0 Å². The summed E-state index contributed by atoms with van der Waals surface area (Å²) in [6.07, 6.45) is 0. The van der Waals surface area contributed by atoms with Crippen LogP contribution in [-0.2, 0) is 10.0 Å². The largest absolute Gasteiger partial charge is 0.398 e. The first-order chi connectivity index (χ1) is 8.90. The van der Waals surface area contributed by atoms with E-state index in [0.717, 1.165) is 6.07 Å². The van der Waals surface area contributed by atoms with Crippen molar-refractivity contribution in [3.8, 4) is 0 Å². The van der Waals surface area contributed by atoms with Gasteiger partial charge >= 0.3 is 0 Å². The average Bonchev–Trinajstić information content (AvgIpc) is 2.27. The fourth-order valence-electron chi connectivity index (χ4n) is 1.70. The minimum Gasteiger partial charge on any atom is -0.398 e. The molecule has 0 spiro atoms. The number of rotatable bonds is 3. The second-order valence-electron chi connectivity index (χ2n) is 3.94. The van der Waals surface area contributed by atoms with E-state index in [-0.39, 0.29) is 16.4 Å². The number of nitrogens with two attached hydrogens (primary N) is 1. The molecular weight excluding hydrogens is 269 g/mol. The summed E-state index contributed by atoms with van der Waals surface area (Å²) in [5.74, 6) is -0.861. The van der Waals surface area contributed by atoms with E-state index in [1.807, 2.05) is 0 Å². The Morgan fingerprint density at radius 3 is 2.53 bits per heavy atom. The van der Waals surface area contributed by atoms with Crippen LogP contribution in [0.2, 0.25) is 0 Å². The number of hydrogen-bond donors (Lipinski definition) is 2. The number of sulfonamides is 1. The summed E-state index contributed by atoms with van der Waals surface area (Å²) in [6.45, 7) is 1.63. The lowest BCUT2D eigenvalue weighted by atomic mass is 10.2. The van der Waals surface area contributed by atoms with Crippen LogP contribution in [0.1, 0.15) is 5.56 Å². The maximum atomic E-state index is 12.9. The highest BCUT2D eigenvalue weighted by molar-refractivity contribution is 7.93. The minimum absolute atomic E-state index is 0.0268. The smallest absolute Gasteiger partial charge is 0.265 e. The van der Waals surface area contributed by atoms with E-state index in [1.54, 1.807) is 19.1 Å². The van der Waals surface area contributed by atoms with Crippen molar-refractivity contribution in [1.29, 1.82) is 0 Å². The Morgan fingerprint density at radius 2 is 1.89 bits per heavy atom. The zero-order valence-electron chi connectivity index (χ0n) is 10.1. The van der Waals surface area contributed by atoms with Crippen LogP contribution in [0.25, 0.3) is 0 Å². The second-order valence-corrected chi connectivity index (χ2v) is 5.56. The predicted molar refractivity (Wildman–Crippen MR) is 70.6 cm³/mol. The third-order valence-electron chi connectivity index (χ3n) is 2.47. The van der Waals surface area contributed by atoms with Crippen molar-refractivity contribution in [3.05, 3.63) is 47.9 Å². The molecule has 0 saturated heterocycles. The van der Waals surface area contributed by atoms with E-state index in [4.69, 9.17) is 5.73 Å². The molecule has 2 aromatic rings. The third kappa shape index (κ3) is 2.82. The SMILES string of the molecule is Cc1cccc(N)c1S(=O)(=O)Nc1cccc(F)n1. The summed E-state index contributed by atoms with van der Waals surface area (Å²) in [4.78, 5) is 3.42. The van der Waals surface area contributed by atoms with E-state index in [0.29, 0.717) is 5.56 Å². The molecule has 1 heterocycles. The molecule has 2 rings (SSSR count). The number of aromatic nitrogens is 1. The van der Waals surface area contributed by atoms with E-state index in [2.05, 4.69) is 9.71 Å². The number of nitrogens with zero attached hydrogens (tertiary/aromatic N) is 1. The Kier molecular flexibility index (Phi) is 3.39. The monoisotopic (exact) mass is 281 g/mol. The fourth-order valence-corrected chi connectivity index (χ4v) is 3.06. The highest BCUT2D eigenvalue weighted by Gasteiger charge is 2.20. The van der Waals surface area contributed by atoms with Crippen molar-refractivity contribution in [3.63, 3.8) is 0 Å². The Balaban J connectivity index is 2.44. The number of hydrogen-bond acceptors (Lipinski definition) is 4. The van der Waals surface area contributed by atoms with Gasteiger partial charge in [0.15, 0.2) is 0 Å². The summed E-state index contributed by atoms with van der Waals surface area (Å²) in [5.41, 5.74) is 6.31. The second kappa shape index (κ2) is 4.85. The standard InChI is InChI=1S/C12H12FN3O2S/c1-8-4-2-5-9(14)12(8)19(17,18)16-11-7-3-6-10(13)15-11/h2-7H,14H2,1H3,(H,15,16). The normalized spacial score (nSPS) is 11.3. The molecule has 0 unspecified atom stereocenters. The average molecular weight is 281 g/mol. The van der Waals surface area contributed by atoms with Crippen molar-refractivity contribution in [1.82, 2.24) is 4.98 Å². The first-order valence-corrected chi connectivity index (χ1v) is 6.89. The van der Waals surface area contributed by atoms with Gasteiger partial charge in [-0.05, 0) is 30.7 Å². The predicted octanol–water partition coefficient (Wildman–Crippen LogP) is 1.91. The van der Waals surface area contributed by atoms with Crippen LogP contribution in [0, 0.1) is 12.9 Å². The summed E-state index contributed by atoms with van der Waals surface area (Å²) < 4.78 is 39.5. The van der Waals surface area contributed by atoms with Gasteiger partial charge in [-0.2, -0.15) is 4.39 Å². The number of aryl methyl sites for hydroxylation is 1. The maximum absolute atomic E-state index is 12.9. The maximum Gasteiger partial charge on any atom is 0.265 e. The van der Waals surface area contributed by atoms with Crippen molar-refractivity contribution in [2.24, 2.45) is 0 Å². The van der Waals surface area contributed by atoms with Crippen LogP contribution in [-0.4, -0.2) is 13.4 Å². The number of halogens is 1. The van der Waals surface area contributed by atoms with Crippen LogP contribution in [0.15, 0.2) is 41.3 Å². The number of pyridine rings is 1. The number of nitrogens with one attached hydrogen (secondary N) is 1. The molecule has 0 aliphatic heterocycles. The molecule has 0 bridgehead atoms. The highest BCUT2D eigenvalue weighted by atomic mass is 32.2.